The summed E-state index contributed by atoms with van der Waals surface area (Å²) in [6, 6.07) is 8.70. The number of nitrogens with zero attached hydrogens (tertiary/aromatic N) is 1. The van der Waals surface area contributed by atoms with E-state index < -0.39 is 0 Å². The van der Waals surface area contributed by atoms with Gasteiger partial charge in [0.05, 0.1) is 0 Å². The first-order valence-corrected chi connectivity index (χ1v) is 9.79. The standard InChI is InChI=1S/C21H30N2O/c1-15-8-10-23(11-9-15)14-16-2-5-18(6-3-16)21(24)22-20-13-17-4-7-19(20)12-17/h2-3,5-6,15,17,19-20H,4,7-14H2,1H3,(H,22,24)/t17-,19+,20-/m0/s1. The van der Waals surface area contributed by atoms with E-state index in [9.17, 15) is 4.79 Å². The van der Waals surface area contributed by atoms with Crippen molar-refractivity contribution < 1.29 is 4.79 Å². The molecule has 3 heteroatoms. The van der Waals surface area contributed by atoms with Gasteiger partial charge in [-0.3, -0.25) is 9.69 Å². The first-order valence-electron chi connectivity index (χ1n) is 9.79. The van der Waals surface area contributed by atoms with Crippen LogP contribution < -0.4 is 5.32 Å². The fourth-order valence-electron chi connectivity index (χ4n) is 4.91. The van der Waals surface area contributed by atoms with Crippen molar-refractivity contribution in [2.45, 2.75) is 58.0 Å². The molecule has 130 valence electrons. The Kier molecular flexibility index (Phi) is 4.62. The van der Waals surface area contributed by atoms with Crippen molar-refractivity contribution in [2.75, 3.05) is 13.1 Å². The fourth-order valence-corrected chi connectivity index (χ4v) is 4.91. The molecule has 0 aromatic heterocycles. The van der Waals surface area contributed by atoms with Crippen molar-refractivity contribution in [2.24, 2.45) is 17.8 Å². The average molecular weight is 326 g/mol. The molecule has 24 heavy (non-hydrogen) atoms. The number of rotatable bonds is 4. The zero-order valence-electron chi connectivity index (χ0n) is 14.8. The van der Waals surface area contributed by atoms with E-state index in [4.69, 9.17) is 0 Å². The Morgan fingerprint density at radius 2 is 1.83 bits per heavy atom. The van der Waals surface area contributed by atoms with Crippen molar-refractivity contribution in [1.29, 1.82) is 0 Å². The van der Waals surface area contributed by atoms with E-state index in [1.165, 1.54) is 57.2 Å². The predicted molar refractivity (Wildman–Crippen MR) is 96.8 cm³/mol. The zero-order valence-corrected chi connectivity index (χ0v) is 14.8. The molecule has 0 unspecified atom stereocenters. The molecule has 1 heterocycles. The molecular weight excluding hydrogens is 296 g/mol. The molecular formula is C21H30N2O. The maximum atomic E-state index is 12.5. The third-order valence-electron chi connectivity index (χ3n) is 6.55. The Morgan fingerprint density at radius 1 is 1.08 bits per heavy atom. The zero-order chi connectivity index (χ0) is 16.5. The number of carbonyl (C=O) groups excluding carboxylic acids is 1. The lowest BCUT2D eigenvalue weighted by atomic mass is 9.95. The third-order valence-corrected chi connectivity index (χ3v) is 6.55. The molecule has 1 aromatic rings. The number of benzene rings is 1. The van der Waals surface area contributed by atoms with Gasteiger partial charge in [-0.05, 0) is 80.6 Å². The molecule has 0 spiro atoms. The van der Waals surface area contributed by atoms with Gasteiger partial charge in [0, 0.05) is 18.2 Å². The molecule has 1 amide bonds. The number of likely N-dealkylation sites (tertiary alicyclic amines) is 1. The molecule has 2 bridgehead atoms. The van der Waals surface area contributed by atoms with Gasteiger partial charge in [-0.15, -0.1) is 0 Å². The van der Waals surface area contributed by atoms with Crippen LogP contribution >= 0.6 is 0 Å². The van der Waals surface area contributed by atoms with Gasteiger partial charge in [-0.1, -0.05) is 25.5 Å². The molecule has 1 aliphatic heterocycles. The minimum Gasteiger partial charge on any atom is -0.349 e. The van der Waals surface area contributed by atoms with Crippen molar-refractivity contribution in [3.63, 3.8) is 0 Å². The topological polar surface area (TPSA) is 32.3 Å². The smallest absolute Gasteiger partial charge is 0.251 e. The summed E-state index contributed by atoms with van der Waals surface area (Å²) in [6.45, 7) is 5.77. The van der Waals surface area contributed by atoms with Gasteiger partial charge < -0.3 is 5.32 Å². The second-order valence-electron chi connectivity index (χ2n) is 8.41. The number of nitrogens with one attached hydrogen (secondary N) is 1. The molecule has 4 rings (SSSR count). The summed E-state index contributed by atoms with van der Waals surface area (Å²) in [4.78, 5) is 15.0. The molecule has 2 saturated carbocycles. The Bertz CT molecular complexity index is 574. The highest BCUT2D eigenvalue weighted by atomic mass is 16.1. The maximum Gasteiger partial charge on any atom is 0.251 e. The van der Waals surface area contributed by atoms with Gasteiger partial charge in [0.2, 0.25) is 0 Å². The van der Waals surface area contributed by atoms with Gasteiger partial charge >= 0.3 is 0 Å². The summed E-state index contributed by atoms with van der Waals surface area (Å²) >= 11 is 0. The third kappa shape index (κ3) is 3.51. The summed E-state index contributed by atoms with van der Waals surface area (Å²) in [5.74, 6) is 2.60. The highest BCUT2D eigenvalue weighted by molar-refractivity contribution is 5.94. The van der Waals surface area contributed by atoms with Crippen LogP contribution in [-0.2, 0) is 6.54 Å². The van der Waals surface area contributed by atoms with Crippen LogP contribution in [-0.4, -0.2) is 29.9 Å². The summed E-state index contributed by atoms with van der Waals surface area (Å²) in [5, 5.41) is 3.28. The van der Waals surface area contributed by atoms with Crippen LogP contribution in [0.25, 0.3) is 0 Å². The second kappa shape index (κ2) is 6.87. The van der Waals surface area contributed by atoms with Crippen LogP contribution in [0.5, 0.6) is 0 Å². The van der Waals surface area contributed by atoms with E-state index in [1.807, 2.05) is 12.1 Å². The number of amides is 1. The predicted octanol–water partition coefficient (Wildman–Crippen LogP) is 3.84. The van der Waals surface area contributed by atoms with E-state index >= 15 is 0 Å². The Morgan fingerprint density at radius 3 is 2.46 bits per heavy atom. The van der Waals surface area contributed by atoms with Gasteiger partial charge in [-0.2, -0.15) is 0 Å². The summed E-state index contributed by atoms with van der Waals surface area (Å²) in [7, 11) is 0. The first kappa shape index (κ1) is 16.1. The molecule has 1 N–H and O–H groups in total. The summed E-state index contributed by atoms with van der Waals surface area (Å²) in [5.41, 5.74) is 2.13. The molecule has 3 nitrogen and oxygen atoms in total. The Labute approximate surface area is 145 Å². The Hall–Kier alpha value is -1.35. The molecule has 1 saturated heterocycles. The van der Waals surface area contributed by atoms with Crippen LogP contribution in [0.1, 0.15) is 61.4 Å². The van der Waals surface area contributed by atoms with E-state index in [-0.39, 0.29) is 5.91 Å². The van der Waals surface area contributed by atoms with Crippen molar-refractivity contribution >= 4 is 5.91 Å². The maximum absolute atomic E-state index is 12.5. The van der Waals surface area contributed by atoms with Crippen LogP contribution in [0.4, 0.5) is 0 Å². The van der Waals surface area contributed by atoms with Crippen LogP contribution in [0, 0.1) is 17.8 Å². The highest BCUT2D eigenvalue weighted by Crippen LogP contribution is 2.44. The van der Waals surface area contributed by atoms with Gasteiger partial charge in [0.1, 0.15) is 0 Å². The van der Waals surface area contributed by atoms with Gasteiger partial charge in [0.25, 0.3) is 5.91 Å². The lowest BCUT2D eigenvalue weighted by Gasteiger charge is -2.30. The largest absolute Gasteiger partial charge is 0.349 e. The van der Waals surface area contributed by atoms with E-state index in [1.54, 1.807) is 0 Å². The second-order valence-corrected chi connectivity index (χ2v) is 8.41. The average Bonchev–Trinajstić information content (AvgIpc) is 3.20. The summed E-state index contributed by atoms with van der Waals surface area (Å²) < 4.78 is 0. The molecule has 3 atom stereocenters. The van der Waals surface area contributed by atoms with Crippen molar-refractivity contribution in [1.82, 2.24) is 10.2 Å². The van der Waals surface area contributed by atoms with E-state index in [0.717, 1.165) is 29.9 Å². The number of fused-ring (bicyclic) bond motifs is 2. The van der Waals surface area contributed by atoms with Crippen molar-refractivity contribution in [3.05, 3.63) is 35.4 Å². The van der Waals surface area contributed by atoms with Gasteiger partial charge in [0.15, 0.2) is 0 Å². The monoisotopic (exact) mass is 326 g/mol. The van der Waals surface area contributed by atoms with Crippen LogP contribution in [0.3, 0.4) is 0 Å². The molecule has 2 aliphatic carbocycles. The van der Waals surface area contributed by atoms with Crippen LogP contribution in [0.2, 0.25) is 0 Å². The minimum absolute atomic E-state index is 0.117. The number of piperidine rings is 1. The number of hydrogen-bond acceptors (Lipinski definition) is 2. The highest BCUT2D eigenvalue weighted by Gasteiger charge is 2.40. The minimum atomic E-state index is 0.117. The quantitative estimate of drug-likeness (QED) is 0.912. The molecule has 0 radical (unpaired) electrons. The van der Waals surface area contributed by atoms with E-state index in [0.29, 0.717) is 6.04 Å². The lowest BCUT2D eigenvalue weighted by molar-refractivity contribution is 0.0923. The SMILES string of the molecule is CC1CCN(Cc2ccc(C(=O)N[C@H]3C[C@H]4CC[C@@H]3C4)cc2)CC1. The number of hydrogen-bond donors (Lipinski definition) is 1. The Balaban J connectivity index is 1.31. The van der Waals surface area contributed by atoms with Gasteiger partial charge in [-0.25, -0.2) is 0 Å². The normalized spacial score (nSPS) is 30.6. The van der Waals surface area contributed by atoms with Crippen LogP contribution in [0.15, 0.2) is 24.3 Å². The first-order chi connectivity index (χ1) is 11.7. The number of carbonyl (C=O) groups is 1. The van der Waals surface area contributed by atoms with E-state index in [2.05, 4.69) is 29.3 Å². The molecule has 1 aromatic carbocycles. The lowest BCUT2D eigenvalue weighted by Crippen LogP contribution is -2.38. The molecule has 3 aliphatic rings. The molecule has 3 fully saturated rings. The van der Waals surface area contributed by atoms with Crippen molar-refractivity contribution in [3.8, 4) is 0 Å². The summed E-state index contributed by atoms with van der Waals surface area (Å²) in [6.07, 6.45) is 7.83. The fraction of sp³-hybridized carbons (Fsp3) is 0.667.